The topological polar surface area (TPSA) is 50.4 Å². The molecular weight excluding hydrogens is 252 g/mol. The summed E-state index contributed by atoms with van der Waals surface area (Å²) in [6.07, 6.45) is 1.86. The average Bonchev–Trinajstić information content (AvgIpc) is 2.99. The number of carbonyl (C=O) groups is 1. The van der Waals surface area contributed by atoms with E-state index in [1.165, 1.54) is 11.3 Å². The van der Waals surface area contributed by atoms with Gasteiger partial charge in [-0.25, -0.2) is 0 Å². The summed E-state index contributed by atoms with van der Waals surface area (Å²) in [7, 11) is 0. The van der Waals surface area contributed by atoms with Crippen molar-refractivity contribution >= 4 is 29.7 Å². The third-order valence-electron chi connectivity index (χ3n) is 3.38. The molecule has 4 nitrogen and oxygen atoms in total. The Morgan fingerprint density at radius 2 is 2.33 bits per heavy atom. The first-order valence-corrected chi connectivity index (χ1v) is 6.08. The van der Waals surface area contributed by atoms with Crippen LogP contribution >= 0.6 is 12.4 Å². The van der Waals surface area contributed by atoms with E-state index >= 15 is 0 Å². The first-order chi connectivity index (χ1) is 8.33. The number of halogens is 1. The van der Waals surface area contributed by atoms with Gasteiger partial charge in [0.15, 0.2) is 0 Å². The van der Waals surface area contributed by atoms with Gasteiger partial charge in [-0.1, -0.05) is 0 Å². The predicted octanol–water partition coefficient (Wildman–Crippen LogP) is 2.05. The molecule has 2 aliphatic heterocycles. The first-order valence-electron chi connectivity index (χ1n) is 6.08. The van der Waals surface area contributed by atoms with Crippen molar-refractivity contribution in [3.05, 3.63) is 23.8 Å². The molecule has 98 valence electrons. The molecular formula is C13H17ClN2O2. The van der Waals surface area contributed by atoms with Crippen molar-refractivity contribution < 1.29 is 9.53 Å². The van der Waals surface area contributed by atoms with Crippen LogP contribution in [0, 0.1) is 5.92 Å². The molecule has 1 aromatic carbocycles. The zero-order valence-electron chi connectivity index (χ0n) is 10.1. The Morgan fingerprint density at radius 3 is 3.11 bits per heavy atom. The molecule has 2 N–H and O–H groups in total. The summed E-state index contributed by atoms with van der Waals surface area (Å²) in [5, 5.41) is 6.27. The molecule has 1 aromatic rings. The lowest BCUT2D eigenvalue weighted by molar-refractivity contribution is -0.119. The lowest BCUT2D eigenvalue weighted by atomic mass is 10.1. The third-order valence-corrected chi connectivity index (χ3v) is 3.38. The molecule has 3 rings (SSSR count). The van der Waals surface area contributed by atoms with Gasteiger partial charge in [0.25, 0.3) is 0 Å². The van der Waals surface area contributed by atoms with Gasteiger partial charge >= 0.3 is 0 Å². The molecule has 0 spiro atoms. The van der Waals surface area contributed by atoms with E-state index in [9.17, 15) is 4.79 Å². The lowest BCUT2D eigenvalue weighted by Crippen LogP contribution is -2.22. The zero-order chi connectivity index (χ0) is 11.7. The van der Waals surface area contributed by atoms with Gasteiger partial charge in [0.1, 0.15) is 0 Å². The number of hydrogen-bond acceptors (Lipinski definition) is 3. The predicted molar refractivity (Wildman–Crippen MR) is 73.4 cm³/mol. The van der Waals surface area contributed by atoms with Gasteiger partial charge in [0.2, 0.25) is 5.91 Å². The van der Waals surface area contributed by atoms with Crippen molar-refractivity contribution in [1.29, 1.82) is 0 Å². The largest absolute Gasteiger partial charge is 0.384 e. The molecule has 2 heterocycles. The minimum atomic E-state index is 0. The number of carbonyl (C=O) groups excluding carboxylic acids is 1. The Kier molecular flexibility index (Phi) is 4.09. The van der Waals surface area contributed by atoms with Crippen LogP contribution in [0.4, 0.5) is 11.4 Å². The smallest absolute Gasteiger partial charge is 0.229 e. The number of amides is 1. The second-order valence-electron chi connectivity index (χ2n) is 4.60. The molecule has 0 radical (unpaired) electrons. The highest BCUT2D eigenvalue weighted by molar-refractivity contribution is 5.93. The second-order valence-corrected chi connectivity index (χ2v) is 4.60. The number of anilines is 2. The molecule has 1 fully saturated rings. The Hall–Kier alpha value is -1.26. The summed E-state index contributed by atoms with van der Waals surface area (Å²) in [5.41, 5.74) is 3.36. The Balaban J connectivity index is 0.00000120. The highest BCUT2D eigenvalue weighted by Gasteiger charge is 2.23. The fourth-order valence-electron chi connectivity index (χ4n) is 2.37. The van der Waals surface area contributed by atoms with Crippen molar-refractivity contribution in [1.82, 2.24) is 0 Å². The van der Waals surface area contributed by atoms with Crippen LogP contribution in [0.3, 0.4) is 0 Å². The maximum atomic E-state index is 11.9. The van der Waals surface area contributed by atoms with Crippen LogP contribution in [-0.2, 0) is 16.0 Å². The number of nitrogens with one attached hydrogen (secondary N) is 2. The summed E-state index contributed by atoms with van der Waals surface area (Å²) in [4.78, 5) is 11.9. The van der Waals surface area contributed by atoms with Crippen molar-refractivity contribution in [3.8, 4) is 0 Å². The van der Waals surface area contributed by atoms with Crippen LogP contribution in [0.25, 0.3) is 0 Å². The maximum Gasteiger partial charge on any atom is 0.229 e. The lowest BCUT2D eigenvalue weighted by Gasteiger charge is -2.10. The highest BCUT2D eigenvalue weighted by atomic mass is 35.5. The van der Waals surface area contributed by atoms with Crippen molar-refractivity contribution in [2.75, 3.05) is 30.4 Å². The van der Waals surface area contributed by atoms with E-state index in [1.807, 2.05) is 12.1 Å². The van der Waals surface area contributed by atoms with Crippen LogP contribution in [0.5, 0.6) is 0 Å². The number of rotatable bonds is 2. The maximum absolute atomic E-state index is 11.9. The number of benzene rings is 1. The molecule has 0 aliphatic carbocycles. The van der Waals surface area contributed by atoms with Gasteiger partial charge in [-0.3, -0.25) is 4.79 Å². The highest BCUT2D eigenvalue weighted by Crippen LogP contribution is 2.26. The molecule has 0 aromatic heterocycles. The number of ether oxygens (including phenoxy) is 1. The van der Waals surface area contributed by atoms with Gasteiger partial charge in [-0.05, 0) is 36.6 Å². The molecule has 1 amide bonds. The Morgan fingerprint density at radius 1 is 1.44 bits per heavy atom. The van der Waals surface area contributed by atoms with Crippen molar-refractivity contribution in [2.45, 2.75) is 12.8 Å². The van der Waals surface area contributed by atoms with E-state index in [-0.39, 0.29) is 24.2 Å². The monoisotopic (exact) mass is 268 g/mol. The van der Waals surface area contributed by atoms with Crippen LogP contribution in [0.15, 0.2) is 18.2 Å². The Labute approximate surface area is 113 Å². The number of hydrogen-bond donors (Lipinski definition) is 2. The van der Waals surface area contributed by atoms with Crippen molar-refractivity contribution in [2.24, 2.45) is 5.92 Å². The van der Waals surface area contributed by atoms with Gasteiger partial charge in [-0.15, -0.1) is 12.4 Å². The summed E-state index contributed by atoms with van der Waals surface area (Å²) < 4.78 is 5.22. The standard InChI is InChI=1S/C13H16N2O2.ClH/c16-13(10-4-6-17-8-10)15-11-1-2-12-9(7-11)3-5-14-12;/h1-2,7,10,14H,3-6,8H2,(H,15,16);1H. The number of fused-ring (bicyclic) bond motifs is 1. The summed E-state index contributed by atoms with van der Waals surface area (Å²) in [6.45, 7) is 2.24. The fourth-order valence-corrected chi connectivity index (χ4v) is 2.37. The van der Waals surface area contributed by atoms with Gasteiger partial charge in [0.05, 0.1) is 12.5 Å². The molecule has 2 aliphatic rings. The molecule has 1 unspecified atom stereocenters. The fraction of sp³-hybridized carbons (Fsp3) is 0.462. The zero-order valence-corrected chi connectivity index (χ0v) is 10.9. The molecule has 0 bridgehead atoms. The quantitative estimate of drug-likeness (QED) is 0.863. The second kappa shape index (κ2) is 5.59. The summed E-state index contributed by atoms with van der Waals surface area (Å²) >= 11 is 0. The first kappa shape index (κ1) is 13.2. The Bertz CT molecular complexity index is 445. The molecule has 1 atom stereocenters. The van der Waals surface area contributed by atoms with E-state index in [2.05, 4.69) is 16.7 Å². The van der Waals surface area contributed by atoms with Gasteiger partial charge in [-0.2, -0.15) is 0 Å². The third kappa shape index (κ3) is 2.60. The summed E-state index contributed by atoms with van der Waals surface area (Å²) in [6, 6.07) is 6.04. The molecule has 1 saturated heterocycles. The van der Waals surface area contributed by atoms with Crippen LogP contribution < -0.4 is 10.6 Å². The normalized spacial score (nSPS) is 20.8. The van der Waals surface area contributed by atoms with Crippen LogP contribution in [-0.4, -0.2) is 25.7 Å². The average molecular weight is 269 g/mol. The minimum absolute atomic E-state index is 0. The summed E-state index contributed by atoms with van der Waals surface area (Å²) in [5.74, 6) is 0.0924. The van der Waals surface area contributed by atoms with E-state index in [0.29, 0.717) is 13.2 Å². The molecule has 0 saturated carbocycles. The van der Waals surface area contributed by atoms with Crippen molar-refractivity contribution in [3.63, 3.8) is 0 Å². The molecule has 18 heavy (non-hydrogen) atoms. The van der Waals surface area contributed by atoms with Gasteiger partial charge < -0.3 is 15.4 Å². The SMILES string of the molecule is Cl.O=C(Nc1ccc2c(c1)CCN2)C1CCOC1. The van der Waals surface area contributed by atoms with E-state index in [1.54, 1.807) is 0 Å². The van der Waals surface area contributed by atoms with Crippen LogP contribution in [0.2, 0.25) is 0 Å². The van der Waals surface area contributed by atoms with E-state index < -0.39 is 0 Å². The van der Waals surface area contributed by atoms with E-state index in [4.69, 9.17) is 4.74 Å². The molecule has 5 heteroatoms. The van der Waals surface area contributed by atoms with Gasteiger partial charge in [0, 0.05) is 24.5 Å². The minimum Gasteiger partial charge on any atom is -0.384 e. The van der Waals surface area contributed by atoms with E-state index in [0.717, 1.165) is 25.1 Å². The van der Waals surface area contributed by atoms with Crippen LogP contribution in [0.1, 0.15) is 12.0 Å².